The van der Waals surface area contributed by atoms with Gasteiger partial charge in [0.05, 0.1) is 7.11 Å². The molecule has 0 aliphatic rings. The van der Waals surface area contributed by atoms with Gasteiger partial charge in [-0.25, -0.2) is 0 Å². The van der Waals surface area contributed by atoms with Crippen LogP contribution in [0.25, 0.3) is 0 Å². The van der Waals surface area contributed by atoms with Crippen molar-refractivity contribution in [3.63, 3.8) is 0 Å². The number of aliphatic hydroxyl groups excluding tert-OH is 1. The number of aliphatic hydroxyl groups is 1. The van der Waals surface area contributed by atoms with Crippen LogP contribution in [0.5, 0.6) is 23.0 Å². The standard InChI is InChI=1S/C15H18N2O5/c1-21-15-5-9(10(17)6-12(15)19)13(20)7-22-14-3-2-8(16)4-11(14)18/h2-6,13,18-20H,7,16-17H2,1H3. The highest BCUT2D eigenvalue weighted by atomic mass is 16.5. The molecule has 22 heavy (non-hydrogen) atoms. The van der Waals surface area contributed by atoms with Crippen molar-refractivity contribution in [2.75, 3.05) is 25.2 Å². The Morgan fingerprint density at radius 3 is 2.36 bits per heavy atom. The van der Waals surface area contributed by atoms with Crippen LogP contribution in [0.1, 0.15) is 11.7 Å². The quantitative estimate of drug-likeness (QED) is 0.527. The van der Waals surface area contributed by atoms with Crippen LogP contribution in [0, 0.1) is 0 Å². The second-order valence-corrected chi connectivity index (χ2v) is 4.71. The molecule has 0 aliphatic carbocycles. The largest absolute Gasteiger partial charge is 0.504 e. The van der Waals surface area contributed by atoms with E-state index in [9.17, 15) is 15.3 Å². The summed E-state index contributed by atoms with van der Waals surface area (Å²) in [7, 11) is 1.39. The minimum atomic E-state index is -1.06. The monoisotopic (exact) mass is 306 g/mol. The number of hydrogen-bond donors (Lipinski definition) is 5. The molecule has 7 heteroatoms. The summed E-state index contributed by atoms with van der Waals surface area (Å²) < 4.78 is 10.3. The Bertz CT molecular complexity index is 675. The highest BCUT2D eigenvalue weighted by molar-refractivity contribution is 5.58. The van der Waals surface area contributed by atoms with Crippen molar-refractivity contribution in [2.45, 2.75) is 6.10 Å². The van der Waals surface area contributed by atoms with Crippen LogP contribution in [0.4, 0.5) is 11.4 Å². The van der Waals surface area contributed by atoms with Gasteiger partial charge in [0.1, 0.15) is 12.7 Å². The number of phenols is 2. The summed E-state index contributed by atoms with van der Waals surface area (Å²) in [6, 6.07) is 7.14. The summed E-state index contributed by atoms with van der Waals surface area (Å²) >= 11 is 0. The van der Waals surface area contributed by atoms with Gasteiger partial charge in [0.15, 0.2) is 23.0 Å². The lowest BCUT2D eigenvalue weighted by atomic mass is 10.1. The van der Waals surface area contributed by atoms with E-state index in [0.29, 0.717) is 11.3 Å². The van der Waals surface area contributed by atoms with E-state index in [1.54, 1.807) is 6.07 Å². The van der Waals surface area contributed by atoms with Crippen LogP contribution in [-0.4, -0.2) is 29.0 Å². The topological polar surface area (TPSA) is 131 Å². The number of hydrogen-bond acceptors (Lipinski definition) is 7. The summed E-state index contributed by atoms with van der Waals surface area (Å²) in [6.07, 6.45) is -1.06. The zero-order chi connectivity index (χ0) is 16.3. The number of nitrogens with two attached hydrogens (primary N) is 2. The first-order chi connectivity index (χ1) is 10.4. The van der Waals surface area contributed by atoms with Gasteiger partial charge in [-0.15, -0.1) is 0 Å². The molecule has 0 saturated heterocycles. The van der Waals surface area contributed by atoms with Gasteiger partial charge in [-0.05, 0) is 18.2 Å². The molecule has 7 N–H and O–H groups in total. The highest BCUT2D eigenvalue weighted by Crippen LogP contribution is 2.35. The van der Waals surface area contributed by atoms with Gasteiger partial charge in [0.2, 0.25) is 0 Å². The third kappa shape index (κ3) is 3.26. The van der Waals surface area contributed by atoms with Gasteiger partial charge < -0.3 is 36.3 Å². The maximum absolute atomic E-state index is 10.2. The van der Waals surface area contributed by atoms with Gasteiger partial charge in [0.25, 0.3) is 0 Å². The minimum Gasteiger partial charge on any atom is -0.504 e. The number of ether oxygens (including phenoxy) is 2. The van der Waals surface area contributed by atoms with Crippen molar-refractivity contribution in [1.29, 1.82) is 0 Å². The van der Waals surface area contributed by atoms with Crippen molar-refractivity contribution < 1.29 is 24.8 Å². The van der Waals surface area contributed by atoms with Crippen LogP contribution in [0.2, 0.25) is 0 Å². The molecule has 118 valence electrons. The van der Waals surface area contributed by atoms with Gasteiger partial charge in [-0.2, -0.15) is 0 Å². The summed E-state index contributed by atoms with van der Waals surface area (Å²) in [5, 5.41) is 29.5. The molecule has 0 bridgehead atoms. The van der Waals surface area contributed by atoms with Gasteiger partial charge in [0, 0.05) is 29.1 Å². The molecule has 1 atom stereocenters. The number of anilines is 2. The molecule has 2 aromatic rings. The smallest absolute Gasteiger partial charge is 0.161 e. The van der Waals surface area contributed by atoms with Gasteiger partial charge in [-0.1, -0.05) is 0 Å². The van der Waals surface area contributed by atoms with Gasteiger partial charge in [-0.3, -0.25) is 0 Å². The molecule has 0 radical (unpaired) electrons. The molecule has 0 saturated carbocycles. The lowest BCUT2D eigenvalue weighted by Crippen LogP contribution is -2.12. The molecule has 0 aromatic heterocycles. The molecule has 2 aromatic carbocycles. The van der Waals surface area contributed by atoms with E-state index < -0.39 is 6.10 Å². The summed E-state index contributed by atoms with van der Waals surface area (Å²) in [6.45, 7) is -0.143. The predicted octanol–water partition coefficient (Wildman–Crippen LogP) is 1.38. The Hall–Kier alpha value is -2.80. The first kappa shape index (κ1) is 15.6. The van der Waals surface area contributed by atoms with Crippen molar-refractivity contribution in [2.24, 2.45) is 0 Å². The predicted molar refractivity (Wildman–Crippen MR) is 82.0 cm³/mol. The van der Waals surface area contributed by atoms with Crippen LogP contribution in [0.15, 0.2) is 30.3 Å². The van der Waals surface area contributed by atoms with E-state index in [4.69, 9.17) is 20.9 Å². The third-order valence-electron chi connectivity index (χ3n) is 3.12. The zero-order valence-electron chi connectivity index (χ0n) is 12.0. The second-order valence-electron chi connectivity index (χ2n) is 4.71. The summed E-state index contributed by atoms with van der Waals surface area (Å²) in [5.74, 6) is 0.146. The Balaban J connectivity index is 2.14. The first-order valence-electron chi connectivity index (χ1n) is 6.48. The average Bonchev–Trinajstić information content (AvgIpc) is 2.46. The summed E-state index contributed by atoms with van der Waals surface area (Å²) in [4.78, 5) is 0. The number of methoxy groups -OCH3 is 1. The number of nitrogen functional groups attached to an aromatic ring is 2. The molecular formula is C15H18N2O5. The molecule has 0 heterocycles. The fourth-order valence-electron chi connectivity index (χ4n) is 1.97. The molecular weight excluding hydrogens is 288 g/mol. The van der Waals surface area contributed by atoms with E-state index in [1.807, 2.05) is 0 Å². The Morgan fingerprint density at radius 1 is 1.05 bits per heavy atom. The van der Waals surface area contributed by atoms with Crippen molar-refractivity contribution >= 4 is 11.4 Å². The molecule has 1 unspecified atom stereocenters. The van der Waals surface area contributed by atoms with Crippen LogP contribution < -0.4 is 20.9 Å². The third-order valence-corrected chi connectivity index (χ3v) is 3.12. The molecule has 0 fully saturated rings. The number of aromatic hydroxyl groups is 2. The summed E-state index contributed by atoms with van der Waals surface area (Å²) in [5.41, 5.74) is 12.2. The average molecular weight is 306 g/mol. The van der Waals surface area contributed by atoms with Crippen LogP contribution in [-0.2, 0) is 0 Å². The molecule has 0 spiro atoms. The number of rotatable bonds is 5. The normalized spacial score (nSPS) is 11.9. The highest BCUT2D eigenvalue weighted by Gasteiger charge is 2.16. The lowest BCUT2D eigenvalue weighted by molar-refractivity contribution is 0.107. The molecule has 7 nitrogen and oxygen atoms in total. The van der Waals surface area contributed by atoms with Crippen molar-refractivity contribution in [3.8, 4) is 23.0 Å². The number of benzene rings is 2. The van der Waals surface area contributed by atoms with Gasteiger partial charge >= 0.3 is 0 Å². The van der Waals surface area contributed by atoms with E-state index in [-0.39, 0.29) is 35.3 Å². The zero-order valence-corrected chi connectivity index (χ0v) is 12.0. The number of phenolic OH excluding ortho intramolecular Hbond substituents is 2. The molecule has 0 aliphatic heterocycles. The minimum absolute atomic E-state index is 0.118. The molecule has 2 rings (SSSR count). The van der Waals surface area contributed by atoms with Crippen molar-refractivity contribution in [1.82, 2.24) is 0 Å². The van der Waals surface area contributed by atoms with Crippen LogP contribution in [0.3, 0.4) is 0 Å². The second kappa shape index (κ2) is 6.31. The Morgan fingerprint density at radius 2 is 1.73 bits per heavy atom. The lowest BCUT2D eigenvalue weighted by Gasteiger charge is -2.17. The SMILES string of the molecule is COc1cc(C(O)COc2ccc(N)cc2O)c(N)cc1O. The Labute approximate surface area is 127 Å². The van der Waals surface area contributed by atoms with E-state index in [2.05, 4.69) is 0 Å². The fraction of sp³-hybridized carbons (Fsp3) is 0.200. The van der Waals surface area contributed by atoms with E-state index in [1.165, 1.54) is 31.4 Å². The fourth-order valence-corrected chi connectivity index (χ4v) is 1.97. The van der Waals surface area contributed by atoms with Crippen LogP contribution >= 0.6 is 0 Å². The maximum Gasteiger partial charge on any atom is 0.161 e. The maximum atomic E-state index is 10.2. The Kier molecular flexibility index (Phi) is 4.47. The molecule has 0 amide bonds. The first-order valence-corrected chi connectivity index (χ1v) is 6.48. The van der Waals surface area contributed by atoms with E-state index >= 15 is 0 Å². The van der Waals surface area contributed by atoms with E-state index in [0.717, 1.165) is 0 Å². The van der Waals surface area contributed by atoms with Crippen molar-refractivity contribution in [3.05, 3.63) is 35.9 Å².